The molecule has 0 aliphatic heterocycles. The molecule has 0 atom stereocenters. The summed E-state index contributed by atoms with van der Waals surface area (Å²) in [5.74, 6) is 0. The number of unbranched alkanes of at least 4 members (excludes halogenated alkanes) is 4. The van der Waals surface area contributed by atoms with Crippen LogP contribution in [0.4, 0.5) is 0 Å². The molecule has 0 spiro atoms. The predicted molar refractivity (Wildman–Crippen MR) is 66.4 cm³/mol. The first kappa shape index (κ1) is 18.1. The topological polar surface area (TPSA) is 79.1 Å². The van der Waals surface area contributed by atoms with Gasteiger partial charge in [0.2, 0.25) is 12.2 Å². The lowest BCUT2D eigenvalue weighted by atomic mass is 10.2. The summed E-state index contributed by atoms with van der Waals surface area (Å²) in [7, 11) is 0. The van der Waals surface area contributed by atoms with Gasteiger partial charge in [-0.05, 0) is 19.3 Å². The molecule has 0 aromatic rings. The maximum Gasteiger partial charge on any atom is 0.234 e. The summed E-state index contributed by atoms with van der Waals surface area (Å²) in [6, 6.07) is 0. The summed E-state index contributed by atoms with van der Waals surface area (Å²) in [5, 5.41) is 8.07. The number of isocyanates is 2. The lowest BCUT2D eigenvalue weighted by Gasteiger charge is -1.93. The predicted octanol–water partition coefficient (Wildman–Crippen LogP) is 2.00. The Balaban J connectivity index is 0. The van der Waals surface area contributed by atoms with Crippen molar-refractivity contribution in [3.63, 3.8) is 0 Å². The lowest BCUT2D eigenvalue weighted by Crippen LogP contribution is -1.84. The molecule has 0 aliphatic carbocycles. The van der Waals surface area contributed by atoms with Crippen molar-refractivity contribution < 1.29 is 14.7 Å². The van der Waals surface area contributed by atoms with Gasteiger partial charge in [-0.15, -0.1) is 0 Å². The van der Waals surface area contributed by atoms with Gasteiger partial charge in [0.1, 0.15) is 0 Å². The SMILES string of the molecule is CCCCO.O=C=NCCCCCCN=C=O. The Morgan fingerprint density at radius 1 is 0.882 bits per heavy atom. The Morgan fingerprint density at radius 3 is 1.59 bits per heavy atom. The Labute approximate surface area is 103 Å². The van der Waals surface area contributed by atoms with Gasteiger partial charge in [-0.2, -0.15) is 0 Å². The lowest BCUT2D eigenvalue weighted by molar-refractivity contribution is 0.287. The van der Waals surface area contributed by atoms with E-state index in [9.17, 15) is 9.59 Å². The van der Waals surface area contributed by atoms with E-state index in [-0.39, 0.29) is 0 Å². The first-order valence-electron chi connectivity index (χ1n) is 6.01. The van der Waals surface area contributed by atoms with Crippen LogP contribution in [0.25, 0.3) is 0 Å². The minimum Gasteiger partial charge on any atom is -0.396 e. The van der Waals surface area contributed by atoms with Gasteiger partial charge in [-0.3, -0.25) is 0 Å². The summed E-state index contributed by atoms with van der Waals surface area (Å²) >= 11 is 0. The number of carbonyl (C=O) groups excluding carboxylic acids is 2. The Bertz CT molecular complexity index is 208. The number of nitrogens with zero attached hydrogens (tertiary/aromatic N) is 2. The average Bonchev–Trinajstić information content (AvgIpc) is 2.34. The number of aliphatic hydroxyl groups excluding tert-OH is 1. The van der Waals surface area contributed by atoms with Gasteiger partial charge in [-0.25, -0.2) is 19.6 Å². The second kappa shape index (κ2) is 20.2. The molecule has 17 heavy (non-hydrogen) atoms. The first-order chi connectivity index (χ1) is 8.33. The maximum atomic E-state index is 9.63. The van der Waals surface area contributed by atoms with E-state index in [2.05, 4.69) is 16.9 Å². The minimum absolute atomic E-state index is 0.344. The average molecular weight is 242 g/mol. The molecule has 0 fully saturated rings. The molecule has 0 radical (unpaired) electrons. The molecule has 0 heterocycles. The van der Waals surface area contributed by atoms with Gasteiger partial charge in [0.25, 0.3) is 0 Å². The van der Waals surface area contributed by atoms with E-state index in [1.54, 1.807) is 0 Å². The van der Waals surface area contributed by atoms with E-state index in [4.69, 9.17) is 5.11 Å². The van der Waals surface area contributed by atoms with Crippen LogP contribution in [0.15, 0.2) is 9.98 Å². The van der Waals surface area contributed by atoms with Gasteiger partial charge in [0.05, 0.1) is 13.1 Å². The van der Waals surface area contributed by atoms with Crippen molar-refractivity contribution in [1.82, 2.24) is 0 Å². The van der Waals surface area contributed by atoms with Crippen molar-refractivity contribution >= 4 is 12.2 Å². The number of aliphatic hydroxyl groups is 1. The molecular weight excluding hydrogens is 220 g/mol. The van der Waals surface area contributed by atoms with Crippen LogP contribution in [0.2, 0.25) is 0 Å². The fraction of sp³-hybridized carbons (Fsp3) is 0.833. The molecule has 5 heteroatoms. The van der Waals surface area contributed by atoms with Crippen LogP contribution in [-0.2, 0) is 9.59 Å². The Kier molecular flexibility index (Phi) is 21.5. The van der Waals surface area contributed by atoms with E-state index >= 15 is 0 Å². The second-order valence-corrected chi connectivity index (χ2v) is 3.44. The van der Waals surface area contributed by atoms with E-state index < -0.39 is 0 Å². The maximum absolute atomic E-state index is 9.63. The quantitative estimate of drug-likeness (QED) is 0.381. The molecule has 0 saturated heterocycles. The molecule has 0 saturated carbocycles. The normalized spacial score (nSPS) is 8.35. The molecule has 0 amide bonds. The molecule has 1 N–H and O–H groups in total. The van der Waals surface area contributed by atoms with Crippen LogP contribution in [0.5, 0.6) is 0 Å². The third-order valence-electron chi connectivity index (χ3n) is 1.93. The van der Waals surface area contributed by atoms with Gasteiger partial charge < -0.3 is 5.11 Å². The standard InChI is InChI=1S/C8H12N2O2.C4H10O/c11-7-9-5-3-1-2-4-6-10-8-12;1-2-3-4-5/h1-6H2;5H,2-4H2,1H3. The van der Waals surface area contributed by atoms with Crippen LogP contribution in [0.1, 0.15) is 45.4 Å². The summed E-state index contributed by atoms with van der Waals surface area (Å²) in [6.45, 7) is 3.51. The summed E-state index contributed by atoms with van der Waals surface area (Å²) in [6.07, 6.45) is 8.84. The highest BCUT2D eigenvalue weighted by molar-refractivity contribution is 5.32. The molecule has 0 aromatic heterocycles. The number of hydrogen-bond donors (Lipinski definition) is 1. The van der Waals surface area contributed by atoms with Gasteiger partial charge >= 0.3 is 0 Å². The van der Waals surface area contributed by atoms with Crippen LogP contribution in [0.3, 0.4) is 0 Å². The van der Waals surface area contributed by atoms with Gasteiger partial charge in [0, 0.05) is 6.61 Å². The van der Waals surface area contributed by atoms with E-state index in [1.807, 2.05) is 0 Å². The minimum atomic E-state index is 0.344. The zero-order valence-corrected chi connectivity index (χ0v) is 10.5. The molecule has 0 bridgehead atoms. The van der Waals surface area contributed by atoms with E-state index in [0.29, 0.717) is 19.7 Å². The van der Waals surface area contributed by atoms with Crippen molar-refractivity contribution in [1.29, 1.82) is 0 Å². The molecule has 0 aliphatic rings. The highest BCUT2D eigenvalue weighted by atomic mass is 16.2. The number of rotatable bonds is 9. The van der Waals surface area contributed by atoms with Gasteiger partial charge in [-0.1, -0.05) is 26.2 Å². The summed E-state index contributed by atoms with van der Waals surface area (Å²) in [5.41, 5.74) is 0. The van der Waals surface area contributed by atoms with Crippen molar-refractivity contribution in [2.45, 2.75) is 45.4 Å². The fourth-order valence-electron chi connectivity index (χ4n) is 0.985. The van der Waals surface area contributed by atoms with Crippen molar-refractivity contribution in [3.8, 4) is 0 Å². The first-order valence-corrected chi connectivity index (χ1v) is 6.01. The molecule has 5 nitrogen and oxygen atoms in total. The summed E-state index contributed by atoms with van der Waals surface area (Å²) in [4.78, 5) is 26.1. The Hall–Kier alpha value is -1.28. The third-order valence-corrected chi connectivity index (χ3v) is 1.93. The zero-order chi connectivity index (χ0) is 13.2. The molecule has 0 rings (SSSR count). The van der Waals surface area contributed by atoms with Crippen molar-refractivity contribution in [2.24, 2.45) is 9.98 Å². The van der Waals surface area contributed by atoms with Crippen LogP contribution >= 0.6 is 0 Å². The molecule has 0 aromatic carbocycles. The second-order valence-electron chi connectivity index (χ2n) is 3.44. The monoisotopic (exact) mass is 242 g/mol. The van der Waals surface area contributed by atoms with E-state index in [1.165, 1.54) is 12.2 Å². The highest BCUT2D eigenvalue weighted by Gasteiger charge is 1.87. The molecule has 0 unspecified atom stereocenters. The van der Waals surface area contributed by atoms with Gasteiger partial charge in [0.15, 0.2) is 0 Å². The van der Waals surface area contributed by atoms with Crippen molar-refractivity contribution in [2.75, 3.05) is 19.7 Å². The van der Waals surface area contributed by atoms with Crippen LogP contribution in [-0.4, -0.2) is 37.0 Å². The van der Waals surface area contributed by atoms with Crippen LogP contribution in [0, 0.1) is 0 Å². The Morgan fingerprint density at radius 2 is 1.35 bits per heavy atom. The highest BCUT2D eigenvalue weighted by Crippen LogP contribution is 1.99. The smallest absolute Gasteiger partial charge is 0.234 e. The number of aliphatic imine (C=N–C) groups is 2. The summed E-state index contributed by atoms with van der Waals surface area (Å²) < 4.78 is 0. The largest absolute Gasteiger partial charge is 0.396 e. The third kappa shape index (κ3) is 25.2. The molecular formula is C12H22N2O3. The fourth-order valence-corrected chi connectivity index (χ4v) is 0.985. The van der Waals surface area contributed by atoms with Crippen molar-refractivity contribution in [3.05, 3.63) is 0 Å². The van der Waals surface area contributed by atoms with Crippen LogP contribution < -0.4 is 0 Å². The number of hydrogen-bond acceptors (Lipinski definition) is 5. The zero-order valence-electron chi connectivity index (χ0n) is 10.5. The van der Waals surface area contributed by atoms with E-state index in [0.717, 1.165) is 38.5 Å². The molecule has 98 valence electrons.